The van der Waals surface area contributed by atoms with Crippen molar-refractivity contribution in [3.8, 4) is 22.9 Å². The molecular weight excluding hydrogens is 470 g/mol. The maximum atomic E-state index is 12.8. The number of carbonyl (C=O) groups excluding carboxylic acids is 1. The zero-order chi connectivity index (χ0) is 25.4. The fourth-order valence-corrected chi connectivity index (χ4v) is 5.51. The number of amides is 1. The van der Waals surface area contributed by atoms with E-state index in [1.54, 1.807) is 6.20 Å². The summed E-state index contributed by atoms with van der Waals surface area (Å²) in [5.41, 5.74) is 1.72. The van der Waals surface area contributed by atoms with E-state index in [4.69, 9.17) is 14.0 Å². The number of carbonyl (C=O) groups is 1. The van der Waals surface area contributed by atoms with Gasteiger partial charge in [-0.3, -0.25) is 4.79 Å². The predicted octanol–water partition coefficient (Wildman–Crippen LogP) is 4.23. The van der Waals surface area contributed by atoms with E-state index in [0.29, 0.717) is 43.7 Å². The molecule has 1 saturated heterocycles. The van der Waals surface area contributed by atoms with Crippen LogP contribution in [-0.4, -0.2) is 64.3 Å². The molecule has 1 amide bonds. The Kier molecular flexibility index (Phi) is 6.22. The zero-order valence-electron chi connectivity index (χ0n) is 21.5. The second-order valence-electron chi connectivity index (χ2n) is 10.8. The van der Waals surface area contributed by atoms with Crippen LogP contribution in [0, 0.1) is 0 Å². The molecule has 2 aromatic heterocycles. The molecule has 4 heterocycles. The van der Waals surface area contributed by atoms with Crippen molar-refractivity contribution in [3.63, 3.8) is 0 Å². The van der Waals surface area contributed by atoms with E-state index in [0.717, 1.165) is 47.8 Å². The Hall–Kier alpha value is -3.62. The molecule has 3 aromatic rings. The van der Waals surface area contributed by atoms with Crippen LogP contribution in [0.15, 0.2) is 41.1 Å². The minimum atomic E-state index is -0.252. The highest BCUT2D eigenvalue weighted by Crippen LogP contribution is 2.41. The molecule has 3 aliphatic rings. The molecular formula is C28H33N5O4. The first kappa shape index (κ1) is 23.8. The van der Waals surface area contributed by atoms with E-state index in [9.17, 15) is 4.79 Å². The third-order valence-electron chi connectivity index (χ3n) is 7.51. The fraction of sp³-hybridized carbons (Fsp3) is 0.500. The van der Waals surface area contributed by atoms with E-state index in [1.807, 2.05) is 29.2 Å². The van der Waals surface area contributed by atoms with Crippen LogP contribution in [0.25, 0.3) is 11.4 Å². The smallest absolute Gasteiger partial charge is 0.260 e. The monoisotopic (exact) mass is 503 g/mol. The molecule has 37 heavy (non-hydrogen) atoms. The summed E-state index contributed by atoms with van der Waals surface area (Å²) < 4.78 is 17.5. The highest BCUT2D eigenvalue weighted by atomic mass is 16.5. The summed E-state index contributed by atoms with van der Waals surface area (Å²) in [6, 6.07) is 9.84. The second kappa shape index (κ2) is 9.68. The van der Waals surface area contributed by atoms with Gasteiger partial charge in [0.1, 0.15) is 11.4 Å². The van der Waals surface area contributed by atoms with E-state index in [-0.39, 0.29) is 18.1 Å². The number of hydrogen-bond donors (Lipinski definition) is 0. The zero-order valence-corrected chi connectivity index (χ0v) is 21.5. The van der Waals surface area contributed by atoms with E-state index in [2.05, 4.69) is 39.9 Å². The number of nitrogens with zero attached hydrogens (tertiary/aromatic N) is 5. The molecule has 1 aliphatic carbocycles. The molecule has 9 heteroatoms. The lowest BCUT2D eigenvalue weighted by molar-refractivity contribution is -0.133. The Morgan fingerprint density at radius 2 is 1.92 bits per heavy atom. The maximum absolute atomic E-state index is 12.8. The molecule has 194 valence electrons. The van der Waals surface area contributed by atoms with Crippen LogP contribution in [0.2, 0.25) is 0 Å². The van der Waals surface area contributed by atoms with Gasteiger partial charge in [-0.25, -0.2) is 4.98 Å². The lowest BCUT2D eigenvalue weighted by Gasteiger charge is -2.35. The van der Waals surface area contributed by atoms with Gasteiger partial charge in [-0.2, -0.15) is 4.98 Å². The summed E-state index contributed by atoms with van der Waals surface area (Å²) in [5, 5.41) is 4.16. The normalized spacial score (nSPS) is 19.1. The molecule has 2 fully saturated rings. The third-order valence-corrected chi connectivity index (χ3v) is 7.51. The molecule has 0 atom stereocenters. The first-order chi connectivity index (χ1) is 17.9. The van der Waals surface area contributed by atoms with Gasteiger partial charge < -0.3 is 23.8 Å². The van der Waals surface area contributed by atoms with Gasteiger partial charge in [0.25, 0.3) is 5.91 Å². The van der Waals surface area contributed by atoms with Crippen LogP contribution in [0.5, 0.6) is 11.5 Å². The number of ether oxygens (including phenoxy) is 2. The average molecular weight is 504 g/mol. The predicted molar refractivity (Wildman–Crippen MR) is 138 cm³/mol. The quantitative estimate of drug-likeness (QED) is 0.493. The lowest BCUT2D eigenvalue weighted by Crippen LogP contribution is -2.50. The number of benzene rings is 1. The van der Waals surface area contributed by atoms with E-state index in [1.165, 1.54) is 12.8 Å². The molecule has 1 saturated carbocycles. The molecule has 6 rings (SSSR count). The van der Waals surface area contributed by atoms with Crippen LogP contribution >= 0.6 is 0 Å². The van der Waals surface area contributed by atoms with Crippen molar-refractivity contribution in [3.05, 3.63) is 48.0 Å². The van der Waals surface area contributed by atoms with Crippen molar-refractivity contribution < 1.29 is 18.8 Å². The number of hydrogen-bond acceptors (Lipinski definition) is 8. The summed E-state index contributed by atoms with van der Waals surface area (Å²) in [4.78, 5) is 26.1. The lowest BCUT2D eigenvalue weighted by atomic mass is 10.0. The Bertz CT molecular complexity index is 1260. The van der Waals surface area contributed by atoms with Gasteiger partial charge in [0.15, 0.2) is 18.1 Å². The molecule has 2 aliphatic heterocycles. The van der Waals surface area contributed by atoms with Crippen molar-refractivity contribution in [2.75, 3.05) is 37.7 Å². The first-order valence-electron chi connectivity index (χ1n) is 13.2. The maximum Gasteiger partial charge on any atom is 0.260 e. The van der Waals surface area contributed by atoms with Crippen LogP contribution in [0.3, 0.4) is 0 Å². The number of rotatable bonds is 6. The summed E-state index contributed by atoms with van der Waals surface area (Å²) in [5.74, 6) is 3.99. The summed E-state index contributed by atoms with van der Waals surface area (Å²) in [6.45, 7) is 6.79. The van der Waals surface area contributed by atoms with Gasteiger partial charge in [-0.05, 0) is 44.9 Å². The van der Waals surface area contributed by atoms with Gasteiger partial charge in [0, 0.05) is 55.8 Å². The summed E-state index contributed by atoms with van der Waals surface area (Å²) in [7, 11) is 0. The average Bonchev–Trinajstić information content (AvgIpc) is 3.66. The van der Waals surface area contributed by atoms with Crippen molar-refractivity contribution in [2.45, 2.75) is 57.5 Å². The van der Waals surface area contributed by atoms with Crippen molar-refractivity contribution in [1.82, 2.24) is 20.0 Å². The summed E-state index contributed by atoms with van der Waals surface area (Å²) in [6.07, 6.45) is 7.34. The standard InChI is InChI=1S/C28H33N5O4/c1-28(2)16-20-8-5-9-22(25(20)36-28)35-18-24(34)33-14-12-32(13-15-33)23-11-10-21(17-29-23)26-30-27(37-31-26)19-6-3-4-7-19/h5,8-11,17,19H,3-4,6-7,12-16,18H2,1-2H3. The minimum absolute atomic E-state index is 0.000729. The minimum Gasteiger partial charge on any atom is -0.483 e. The Morgan fingerprint density at radius 1 is 1.11 bits per heavy atom. The first-order valence-corrected chi connectivity index (χ1v) is 13.2. The number of aromatic nitrogens is 3. The Balaban J connectivity index is 1.01. The van der Waals surface area contributed by atoms with Crippen LogP contribution in [0.1, 0.15) is 56.9 Å². The topological polar surface area (TPSA) is 93.8 Å². The van der Waals surface area contributed by atoms with Crippen LogP contribution in [0.4, 0.5) is 5.82 Å². The van der Waals surface area contributed by atoms with E-state index < -0.39 is 0 Å². The highest BCUT2D eigenvalue weighted by molar-refractivity contribution is 5.78. The largest absolute Gasteiger partial charge is 0.483 e. The van der Waals surface area contributed by atoms with Gasteiger partial charge >= 0.3 is 0 Å². The number of para-hydroxylation sites is 1. The SMILES string of the molecule is CC1(C)Cc2cccc(OCC(=O)N3CCN(c4ccc(-c5noc(C6CCCC6)n5)cn4)CC3)c2O1. The number of piperazine rings is 1. The molecule has 9 nitrogen and oxygen atoms in total. The Labute approximate surface area is 216 Å². The number of anilines is 1. The van der Waals surface area contributed by atoms with Crippen molar-refractivity contribution in [1.29, 1.82) is 0 Å². The van der Waals surface area contributed by atoms with Gasteiger partial charge in [0.05, 0.1) is 0 Å². The molecule has 0 bridgehead atoms. The number of pyridine rings is 1. The van der Waals surface area contributed by atoms with Crippen LogP contribution < -0.4 is 14.4 Å². The van der Waals surface area contributed by atoms with E-state index >= 15 is 0 Å². The molecule has 0 unspecified atom stereocenters. The van der Waals surface area contributed by atoms with Crippen LogP contribution in [-0.2, 0) is 11.2 Å². The van der Waals surface area contributed by atoms with Crippen molar-refractivity contribution >= 4 is 11.7 Å². The Morgan fingerprint density at radius 3 is 2.68 bits per heavy atom. The fourth-order valence-electron chi connectivity index (χ4n) is 5.51. The van der Waals surface area contributed by atoms with Crippen molar-refractivity contribution in [2.24, 2.45) is 0 Å². The molecule has 0 radical (unpaired) electrons. The van der Waals surface area contributed by atoms with Gasteiger partial charge in [-0.15, -0.1) is 0 Å². The summed E-state index contributed by atoms with van der Waals surface area (Å²) >= 11 is 0. The molecule has 1 aromatic carbocycles. The third kappa shape index (κ3) is 4.99. The highest BCUT2D eigenvalue weighted by Gasteiger charge is 2.32. The van der Waals surface area contributed by atoms with Gasteiger partial charge in [-0.1, -0.05) is 30.1 Å². The number of fused-ring (bicyclic) bond motifs is 1. The van der Waals surface area contributed by atoms with Gasteiger partial charge in [0.2, 0.25) is 11.7 Å². The molecule has 0 spiro atoms. The second-order valence-corrected chi connectivity index (χ2v) is 10.8. The molecule has 0 N–H and O–H groups in total.